The molecule has 15 heavy (non-hydrogen) atoms. The van der Waals surface area contributed by atoms with E-state index in [1.807, 2.05) is 6.07 Å². The Morgan fingerprint density at radius 3 is 3.07 bits per heavy atom. The normalized spacial score (nSPS) is 20.9. The Hall–Kier alpha value is -1.82. The fourth-order valence-corrected chi connectivity index (χ4v) is 1.44. The lowest BCUT2D eigenvalue weighted by atomic mass is 10.1. The third kappa shape index (κ3) is 2.35. The molecular formula is C9H12N3O3+. The number of hydrogen-bond acceptors (Lipinski definition) is 3. The molecule has 1 aromatic rings. The topological polar surface area (TPSA) is 88.0 Å². The van der Waals surface area contributed by atoms with Gasteiger partial charge < -0.3 is 9.73 Å². The van der Waals surface area contributed by atoms with Gasteiger partial charge in [0.05, 0.1) is 12.7 Å². The van der Waals surface area contributed by atoms with E-state index in [-0.39, 0.29) is 24.3 Å². The summed E-state index contributed by atoms with van der Waals surface area (Å²) in [6, 6.07) is 3.25. The van der Waals surface area contributed by atoms with Crippen LogP contribution in [0.15, 0.2) is 22.8 Å². The van der Waals surface area contributed by atoms with Crippen molar-refractivity contribution in [2.24, 2.45) is 0 Å². The Labute approximate surface area is 86.0 Å². The molecule has 1 saturated heterocycles. The molecule has 6 nitrogen and oxygen atoms in total. The molecule has 1 fully saturated rings. The largest absolute Gasteiger partial charge is 0.463 e. The highest BCUT2D eigenvalue weighted by atomic mass is 16.3. The van der Waals surface area contributed by atoms with E-state index >= 15 is 0 Å². The Morgan fingerprint density at radius 1 is 1.47 bits per heavy atom. The van der Waals surface area contributed by atoms with Gasteiger partial charge in [0, 0.05) is 0 Å². The van der Waals surface area contributed by atoms with Gasteiger partial charge in [0.25, 0.3) is 5.91 Å². The fraction of sp³-hybridized carbons (Fsp3) is 0.333. The van der Waals surface area contributed by atoms with E-state index in [2.05, 4.69) is 10.9 Å². The van der Waals surface area contributed by atoms with E-state index in [0.717, 1.165) is 5.76 Å². The van der Waals surface area contributed by atoms with Crippen molar-refractivity contribution in [1.29, 1.82) is 0 Å². The van der Waals surface area contributed by atoms with Crippen molar-refractivity contribution in [3.8, 4) is 0 Å². The predicted octanol–water partition coefficient (Wildman–Crippen LogP) is -1.74. The molecular weight excluding hydrogens is 198 g/mol. The van der Waals surface area contributed by atoms with Crippen LogP contribution in [0.1, 0.15) is 12.2 Å². The smallest absolute Gasteiger partial charge is 0.297 e. The fourth-order valence-electron chi connectivity index (χ4n) is 1.44. The van der Waals surface area contributed by atoms with Crippen LogP contribution in [0.3, 0.4) is 0 Å². The number of carbonyl (C=O) groups excluding carboxylic acids is 2. The molecule has 1 atom stereocenters. The maximum absolute atomic E-state index is 11.3. The van der Waals surface area contributed by atoms with Crippen molar-refractivity contribution in [3.05, 3.63) is 24.2 Å². The highest BCUT2D eigenvalue weighted by Gasteiger charge is 2.29. The van der Waals surface area contributed by atoms with Crippen LogP contribution in [-0.2, 0) is 16.1 Å². The van der Waals surface area contributed by atoms with Gasteiger partial charge in [-0.1, -0.05) is 0 Å². The minimum absolute atomic E-state index is 0.171. The molecule has 2 amide bonds. The van der Waals surface area contributed by atoms with Gasteiger partial charge in [0.1, 0.15) is 6.54 Å². The first-order valence-corrected chi connectivity index (χ1v) is 4.70. The highest BCUT2D eigenvalue weighted by molar-refractivity contribution is 5.92. The molecule has 0 aliphatic carbocycles. The van der Waals surface area contributed by atoms with Gasteiger partial charge >= 0.3 is 0 Å². The zero-order valence-electron chi connectivity index (χ0n) is 8.03. The van der Waals surface area contributed by atoms with E-state index in [4.69, 9.17) is 4.42 Å². The number of furan rings is 1. The van der Waals surface area contributed by atoms with Crippen LogP contribution in [0.2, 0.25) is 0 Å². The molecule has 2 rings (SSSR count). The van der Waals surface area contributed by atoms with Gasteiger partial charge in [-0.2, -0.15) is 0 Å². The van der Waals surface area contributed by atoms with Gasteiger partial charge in [-0.15, -0.1) is 0 Å². The summed E-state index contributed by atoms with van der Waals surface area (Å²) in [5.74, 6) is 0.435. The number of hydrazine groups is 1. The third-order valence-corrected chi connectivity index (χ3v) is 2.25. The molecule has 0 radical (unpaired) electrons. The average molecular weight is 210 g/mol. The lowest BCUT2D eigenvalue weighted by Gasteiger charge is -2.19. The Balaban J connectivity index is 1.88. The zero-order chi connectivity index (χ0) is 10.7. The van der Waals surface area contributed by atoms with Crippen LogP contribution < -0.4 is 16.2 Å². The second kappa shape index (κ2) is 4.14. The first-order chi connectivity index (χ1) is 7.25. The Morgan fingerprint density at radius 2 is 2.33 bits per heavy atom. The molecule has 1 aromatic heterocycles. The lowest BCUT2D eigenvalue weighted by molar-refractivity contribution is -0.693. The summed E-state index contributed by atoms with van der Waals surface area (Å²) in [7, 11) is 0. The zero-order valence-corrected chi connectivity index (χ0v) is 8.03. The lowest BCUT2D eigenvalue weighted by Crippen LogP contribution is -2.93. The van der Waals surface area contributed by atoms with Crippen LogP contribution in [0.4, 0.5) is 0 Å². The molecule has 0 saturated carbocycles. The van der Waals surface area contributed by atoms with E-state index in [9.17, 15) is 9.59 Å². The van der Waals surface area contributed by atoms with Crippen LogP contribution >= 0.6 is 0 Å². The number of rotatable bonds is 3. The number of amides is 2. The van der Waals surface area contributed by atoms with Gasteiger partial charge in [0.15, 0.2) is 11.8 Å². The highest BCUT2D eigenvalue weighted by Crippen LogP contribution is 1.97. The number of carbonyl (C=O) groups is 2. The molecule has 6 heteroatoms. The van der Waals surface area contributed by atoms with Gasteiger partial charge in [0.2, 0.25) is 5.91 Å². The number of hydrogen-bond donors (Lipinski definition) is 3. The third-order valence-electron chi connectivity index (χ3n) is 2.25. The van der Waals surface area contributed by atoms with Crippen LogP contribution in [0.25, 0.3) is 0 Å². The van der Waals surface area contributed by atoms with Crippen LogP contribution in [-0.4, -0.2) is 17.9 Å². The second-order valence-electron chi connectivity index (χ2n) is 3.37. The average Bonchev–Trinajstić information content (AvgIpc) is 2.72. The van der Waals surface area contributed by atoms with Gasteiger partial charge in [-0.3, -0.25) is 20.4 Å². The van der Waals surface area contributed by atoms with E-state index < -0.39 is 0 Å². The quantitative estimate of drug-likeness (QED) is 0.553. The van der Waals surface area contributed by atoms with E-state index in [1.54, 1.807) is 17.6 Å². The Kier molecular flexibility index (Phi) is 2.68. The van der Waals surface area contributed by atoms with Crippen molar-refractivity contribution in [1.82, 2.24) is 10.9 Å². The molecule has 0 unspecified atom stereocenters. The number of nitrogens with two attached hydrogens (primary N) is 1. The summed E-state index contributed by atoms with van der Waals surface area (Å²) in [4.78, 5) is 22.3. The summed E-state index contributed by atoms with van der Waals surface area (Å²) in [5, 5.41) is 1.78. The standard InChI is InChI=1S/C9H11N3O3/c13-8-4-7(9(14)12-11-8)10-5-6-2-1-3-15-6/h1-3,7,10H,4-5H2,(H,11,13)(H,12,14)/p+1/t7-/m0/s1. The molecule has 0 spiro atoms. The maximum Gasteiger partial charge on any atom is 0.297 e. The minimum Gasteiger partial charge on any atom is -0.463 e. The van der Waals surface area contributed by atoms with Gasteiger partial charge in [-0.05, 0) is 12.1 Å². The summed E-state index contributed by atoms with van der Waals surface area (Å²) in [6.07, 6.45) is 1.78. The summed E-state index contributed by atoms with van der Waals surface area (Å²) < 4.78 is 5.12. The van der Waals surface area contributed by atoms with Crippen molar-refractivity contribution in [2.45, 2.75) is 19.0 Å². The SMILES string of the molecule is O=C1C[C@H]([NH2+]Cc2ccco2)C(=O)NN1. The minimum atomic E-state index is -0.371. The van der Waals surface area contributed by atoms with Crippen molar-refractivity contribution >= 4 is 11.8 Å². The van der Waals surface area contributed by atoms with E-state index in [0.29, 0.717) is 6.54 Å². The predicted molar refractivity (Wildman–Crippen MR) is 49.0 cm³/mol. The molecule has 4 N–H and O–H groups in total. The van der Waals surface area contributed by atoms with E-state index in [1.165, 1.54) is 0 Å². The second-order valence-corrected chi connectivity index (χ2v) is 3.37. The van der Waals surface area contributed by atoms with Crippen molar-refractivity contribution in [3.63, 3.8) is 0 Å². The number of nitrogens with one attached hydrogen (secondary N) is 2. The summed E-state index contributed by atoms with van der Waals surface area (Å²) >= 11 is 0. The number of quaternary nitrogens is 1. The summed E-state index contributed by atoms with van der Waals surface area (Å²) in [6.45, 7) is 0.554. The van der Waals surface area contributed by atoms with Crippen molar-refractivity contribution < 1.29 is 19.3 Å². The maximum atomic E-state index is 11.3. The molecule has 0 bridgehead atoms. The first-order valence-electron chi connectivity index (χ1n) is 4.70. The molecule has 0 aromatic carbocycles. The van der Waals surface area contributed by atoms with Crippen LogP contribution in [0, 0.1) is 0 Å². The van der Waals surface area contributed by atoms with Crippen molar-refractivity contribution in [2.75, 3.05) is 0 Å². The summed E-state index contributed by atoms with van der Waals surface area (Å²) in [5.41, 5.74) is 4.58. The Bertz CT molecular complexity index is 361. The van der Waals surface area contributed by atoms with Crippen LogP contribution in [0.5, 0.6) is 0 Å². The first kappa shape index (κ1) is 9.72. The molecule has 2 heterocycles. The monoisotopic (exact) mass is 210 g/mol. The van der Waals surface area contributed by atoms with Gasteiger partial charge in [-0.25, -0.2) is 0 Å². The molecule has 1 aliphatic heterocycles. The molecule has 80 valence electrons. The molecule has 1 aliphatic rings.